The largest absolute Gasteiger partial charge is 0.467 e. The Morgan fingerprint density at radius 3 is 2.44 bits per heavy atom. The first-order valence-electron chi connectivity index (χ1n) is 9.32. The van der Waals surface area contributed by atoms with Crippen molar-refractivity contribution in [1.29, 1.82) is 0 Å². The van der Waals surface area contributed by atoms with E-state index in [0.717, 1.165) is 0 Å². The number of rotatable bonds is 1. The Labute approximate surface area is 159 Å². The lowest BCUT2D eigenvalue weighted by Gasteiger charge is -2.46. The molecule has 2 heterocycles. The van der Waals surface area contributed by atoms with Gasteiger partial charge in [0.1, 0.15) is 11.2 Å². The molecule has 3 rings (SSSR count). The molecular formula is C19H29NO7. The summed E-state index contributed by atoms with van der Waals surface area (Å²) in [7, 11) is 1.23. The molecule has 8 heteroatoms. The number of esters is 1. The van der Waals surface area contributed by atoms with Crippen LogP contribution in [0.15, 0.2) is 0 Å². The molecule has 0 unspecified atom stereocenters. The smallest absolute Gasteiger partial charge is 0.411 e. The molecule has 0 radical (unpaired) electrons. The van der Waals surface area contributed by atoms with Gasteiger partial charge in [0.2, 0.25) is 5.54 Å². The summed E-state index contributed by atoms with van der Waals surface area (Å²) in [5, 5.41) is 0. The molecule has 152 valence electrons. The van der Waals surface area contributed by atoms with Crippen molar-refractivity contribution in [2.24, 2.45) is 5.92 Å². The summed E-state index contributed by atoms with van der Waals surface area (Å²) in [6.07, 6.45) is 0.243. The van der Waals surface area contributed by atoms with Crippen LogP contribution in [0.4, 0.5) is 4.79 Å². The van der Waals surface area contributed by atoms with Gasteiger partial charge in [0.25, 0.3) is 0 Å². The first-order valence-corrected chi connectivity index (χ1v) is 9.32. The topological polar surface area (TPSA) is 91.4 Å². The van der Waals surface area contributed by atoms with E-state index < -0.39 is 40.5 Å². The Morgan fingerprint density at radius 2 is 1.93 bits per heavy atom. The molecule has 8 nitrogen and oxygen atoms in total. The number of amides is 1. The van der Waals surface area contributed by atoms with Gasteiger partial charge in [-0.3, -0.25) is 9.69 Å². The van der Waals surface area contributed by atoms with Gasteiger partial charge in [-0.15, -0.1) is 0 Å². The van der Waals surface area contributed by atoms with Crippen LogP contribution in [0.3, 0.4) is 0 Å². The van der Waals surface area contributed by atoms with Crippen molar-refractivity contribution in [2.75, 3.05) is 20.3 Å². The molecule has 1 saturated carbocycles. The third-order valence-corrected chi connectivity index (χ3v) is 5.50. The summed E-state index contributed by atoms with van der Waals surface area (Å²) in [6.45, 7) is 9.37. The fourth-order valence-corrected chi connectivity index (χ4v) is 4.64. The number of fused-ring (bicyclic) bond motifs is 1. The highest BCUT2D eigenvalue weighted by atomic mass is 16.8. The summed E-state index contributed by atoms with van der Waals surface area (Å²) in [4.78, 5) is 40.2. The minimum atomic E-state index is -1.65. The first kappa shape index (κ1) is 20.1. The van der Waals surface area contributed by atoms with E-state index >= 15 is 0 Å². The molecule has 3 fully saturated rings. The van der Waals surface area contributed by atoms with Crippen molar-refractivity contribution in [2.45, 2.75) is 76.4 Å². The van der Waals surface area contributed by atoms with Crippen LogP contribution in [0.1, 0.15) is 53.9 Å². The third kappa shape index (κ3) is 3.23. The lowest BCUT2D eigenvalue weighted by atomic mass is 9.66. The zero-order chi connectivity index (χ0) is 20.3. The van der Waals surface area contributed by atoms with Crippen LogP contribution < -0.4 is 0 Å². The van der Waals surface area contributed by atoms with E-state index in [9.17, 15) is 14.4 Å². The summed E-state index contributed by atoms with van der Waals surface area (Å²) >= 11 is 0. The maximum absolute atomic E-state index is 13.4. The van der Waals surface area contributed by atoms with Gasteiger partial charge >= 0.3 is 12.1 Å². The second-order valence-corrected chi connectivity index (χ2v) is 9.15. The second-order valence-electron chi connectivity index (χ2n) is 9.15. The van der Waals surface area contributed by atoms with E-state index in [4.69, 9.17) is 18.9 Å². The maximum Gasteiger partial charge on any atom is 0.411 e. The predicted molar refractivity (Wildman–Crippen MR) is 93.9 cm³/mol. The van der Waals surface area contributed by atoms with Crippen molar-refractivity contribution in [3.8, 4) is 0 Å². The Morgan fingerprint density at radius 1 is 1.26 bits per heavy atom. The number of nitrogens with zero attached hydrogens (tertiary/aromatic N) is 1. The Balaban J connectivity index is 1.96. The minimum Gasteiger partial charge on any atom is -0.467 e. The highest BCUT2D eigenvalue weighted by Gasteiger charge is 2.69. The van der Waals surface area contributed by atoms with Gasteiger partial charge in [0, 0.05) is 18.9 Å². The standard InChI is InChI=1S/C19H29NO7/c1-16(2,3)26-15(23)20-8-7-12-9-18(11-25-17(4,5)27-18)10-13(21)19(12,20)14(22)24-6/h12H,7-11H2,1-6H3/t12-,18-,19+/m0/s1. The van der Waals surface area contributed by atoms with E-state index in [-0.39, 0.29) is 25.4 Å². The van der Waals surface area contributed by atoms with E-state index in [1.807, 2.05) is 0 Å². The van der Waals surface area contributed by atoms with Gasteiger partial charge < -0.3 is 18.9 Å². The van der Waals surface area contributed by atoms with Crippen LogP contribution in [0, 0.1) is 5.92 Å². The average Bonchev–Trinajstić information content (AvgIpc) is 3.04. The van der Waals surface area contributed by atoms with E-state index in [0.29, 0.717) is 12.8 Å². The zero-order valence-electron chi connectivity index (χ0n) is 16.9. The Bertz CT molecular complexity index is 667. The van der Waals surface area contributed by atoms with Gasteiger partial charge in [-0.25, -0.2) is 9.59 Å². The fourth-order valence-electron chi connectivity index (χ4n) is 4.64. The lowest BCUT2D eigenvalue weighted by molar-refractivity contribution is -0.185. The van der Waals surface area contributed by atoms with E-state index in [2.05, 4.69) is 0 Å². The number of Topliss-reactive ketones (excluding diaryl/α,β-unsaturated/α-hetero) is 1. The number of carbonyl (C=O) groups is 3. The third-order valence-electron chi connectivity index (χ3n) is 5.50. The fraction of sp³-hybridized carbons (Fsp3) is 0.842. The molecule has 0 aromatic heterocycles. The number of ether oxygens (including phenoxy) is 4. The monoisotopic (exact) mass is 383 g/mol. The highest BCUT2D eigenvalue weighted by molar-refractivity contribution is 6.12. The zero-order valence-corrected chi connectivity index (χ0v) is 16.9. The van der Waals surface area contributed by atoms with E-state index in [1.54, 1.807) is 34.6 Å². The molecule has 2 aliphatic heterocycles. The van der Waals surface area contributed by atoms with Crippen molar-refractivity contribution < 1.29 is 33.3 Å². The molecule has 2 saturated heterocycles. The normalized spacial score (nSPS) is 35.3. The summed E-state index contributed by atoms with van der Waals surface area (Å²) in [5.74, 6) is -2.28. The molecule has 0 N–H and O–H groups in total. The summed E-state index contributed by atoms with van der Waals surface area (Å²) in [5.41, 5.74) is -3.16. The van der Waals surface area contributed by atoms with Crippen LogP contribution in [-0.2, 0) is 28.5 Å². The van der Waals surface area contributed by atoms with Crippen molar-refractivity contribution in [1.82, 2.24) is 4.90 Å². The van der Waals surface area contributed by atoms with Gasteiger partial charge in [-0.2, -0.15) is 0 Å². The Kier molecular flexibility index (Phi) is 4.59. The van der Waals surface area contributed by atoms with Crippen molar-refractivity contribution in [3.05, 3.63) is 0 Å². The van der Waals surface area contributed by atoms with Crippen LogP contribution in [0.5, 0.6) is 0 Å². The maximum atomic E-state index is 13.4. The van der Waals surface area contributed by atoms with Crippen molar-refractivity contribution >= 4 is 17.8 Å². The van der Waals surface area contributed by atoms with Crippen LogP contribution >= 0.6 is 0 Å². The molecule has 3 atom stereocenters. The second kappa shape index (κ2) is 6.17. The molecular weight excluding hydrogens is 354 g/mol. The minimum absolute atomic E-state index is 0.0126. The number of hydrogen-bond donors (Lipinski definition) is 0. The molecule has 1 spiro atoms. The number of ketones is 1. The number of hydrogen-bond acceptors (Lipinski definition) is 7. The van der Waals surface area contributed by atoms with E-state index in [1.165, 1.54) is 12.0 Å². The molecule has 0 bridgehead atoms. The van der Waals surface area contributed by atoms with Gasteiger partial charge in [-0.1, -0.05) is 0 Å². The predicted octanol–water partition coefficient (Wildman–Crippen LogP) is 2.04. The molecule has 3 aliphatic rings. The van der Waals surface area contributed by atoms with Gasteiger partial charge in [0.05, 0.1) is 13.7 Å². The van der Waals surface area contributed by atoms with Gasteiger partial charge in [-0.05, 0) is 47.5 Å². The molecule has 1 aliphatic carbocycles. The summed E-state index contributed by atoms with van der Waals surface area (Å²) < 4.78 is 22.2. The SMILES string of the molecule is COC(=O)[C@]12C(=O)C[C@]3(COC(C)(C)O3)C[C@@H]1CCN2C(=O)OC(C)(C)C. The molecule has 27 heavy (non-hydrogen) atoms. The number of likely N-dealkylation sites (tertiary alicyclic amines) is 1. The number of carbonyl (C=O) groups excluding carboxylic acids is 3. The molecule has 0 aromatic carbocycles. The van der Waals surface area contributed by atoms with Gasteiger partial charge in [0.15, 0.2) is 11.6 Å². The average molecular weight is 383 g/mol. The van der Waals surface area contributed by atoms with Crippen LogP contribution in [-0.4, -0.2) is 65.5 Å². The first-order chi connectivity index (χ1) is 12.4. The molecule has 0 aromatic rings. The van der Waals surface area contributed by atoms with Crippen LogP contribution in [0.2, 0.25) is 0 Å². The lowest BCUT2D eigenvalue weighted by Crippen LogP contribution is -2.67. The number of methoxy groups -OCH3 is 1. The Hall–Kier alpha value is -1.67. The molecule has 1 amide bonds. The van der Waals surface area contributed by atoms with Crippen molar-refractivity contribution in [3.63, 3.8) is 0 Å². The quantitative estimate of drug-likeness (QED) is 0.505. The van der Waals surface area contributed by atoms with Crippen LogP contribution in [0.25, 0.3) is 0 Å². The summed E-state index contributed by atoms with van der Waals surface area (Å²) in [6, 6.07) is 0. The highest BCUT2D eigenvalue weighted by Crippen LogP contribution is 2.51.